The number of hydrogen-bond donors (Lipinski definition) is 0. The molecule has 6 heterocycles. The van der Waals surface area contributed by atoms with Crippen LogP contribution in [0.15, 0.2) is 94.1 Å². The summed E-state index contributed by atoms with van der Waals surface area (Å²) in [6.07, 6.45) is 9.76. The van der Waals surface area contributed by atoms with Gasteiger partial charge in [0, 0.05) is 49.4 Å². The van der Waals surface area contributed by atoms with Crippen molar-refractivity contribution in [2.24, 2.45) is 5.92 Å². The van der Waals surface area contributed by atoms with Gasteiger partial charge in [-0.2, -0.15) is 9.97 Å². The number of hydrogen-bond acceptors (Lipinski definition) is 10. The number of piperidine rings is 2. The molecule has 2 aromatic carbocycles. The molecule has 3 aliphatic rings. The molecule has 0 bridgehead atoms. The van der Waals surface area contributed by atoms with E-state index in [0.717, 1.165) is 61.2 Å². The molecule has 56 heavy (non-hydrogen) atoms. The van der Waals surface area contributed by atoms with Crippen LogP contribution in [0.3, 0.4) is 0 Å². The van der Waals surface area contributed by atoms with Crippen molar-refractivity contribution in [3.05, 3.63) is 113 Å². The monoisotopic (exact) mass is 777 g/mol. The number of halogens is 2. The second-order valence-electron chi connectivity index (χ2n) is 14.5. The fourth-order valence-electron chi connectivity index (χ4n) is 7.66. The molecule has 1 saturated carbocycles. The lowest BCUT2D eigenvalue weighted by Crippen LogP contribution is -2.41. The predicted octanol–water partition coefficient (Wildman–Crippen LogP) is 8.79. The zero-order chi connectivity index (χ0) is 38.4. The van der Waals surface area contributed by atoms with E-state index in [2.05, 4.69) is 25.3 Å². The Hall–Kier alpha value is -5.63. The fourth-order valence-corrected chi connectivity index (χ4v) is 8.61. The Morgan fingerprint density at radius 1 is 0.661 bits per heavy atom. The number of carbonyl (C=O) groups excluding carboxylic acids is 2. The van der Waals surface area contributed by atoms with E-state index in [-0.39, 0.29) is 35.3 Å². The summed E-state index contributed by atoms with van der Waals surface area (Å²) in [4.78, 5) is 44.6. The van der Waals surface area contributed by atoms with E-state index in [1.807, 2.05) is 40.1 Å². The summed E-state index contributed by atoms with van der Waals surface area (Å²) < 4.78 is 37.1. The lowest BCUT2D eigenvalue weighted by molar-refractivity contribution is -0.136. The highest BCUT2D eigenvalue weighted by molar-refractivity contribution is 7.17. The Kier molecular flexibility index (Phi) is 11.3. The Balaban J connectivity index is 0.000000161. The van der Waals surface area contributed by atoms with Gasteiger partial charge in [-0.05, 0) is 111 Å². The van der Waals surface area contributed by atoms with Crippen molar-refractivity contribution in [2.45, 2.75) is 63.2 Å². The standard InChI is InChI=1S/C23H19FN4O2S.C19H22FN3O2/c24-17-8-6-15(7-9-17)21-26-22(30-27-21)16-4-3-13-28(14-16)23(29)20-11-10-19(31-20)18-5-1-2-12-25-18;20-16-9-7-13(8-10-16)17-21-18(25-22-17)15-6-3-11-23(12-15)19(24)14-4-1-2-5-14/h1-2,5-12,16H,3-4,13-14H2;7-10,14-15H,1-6,11-12H2. The molecular weight excluding hydrogens is 737 g/mol. The number of nitrogens with zero attached hydrogens (tertiary/aromatic N) is 7. The topological polar surface area (TPSA) is 131 Å². The number of rotatable bonds is 7. The van der Waals surface area contributed by atoms with Crippen LogP contribution < -0.4 is 0 Å². The first-order valence-corrected chi connectivity index (χ1v) is 20.0. The molecule has 4 aromatic heterocycles. The number of pyridine rings is 1. The molecule has 2 unspecified atom stereocenters. The van der Waals surface area contributed by atoms with Crippen LogP contribution >= 0.6 is 11.3 Å². The first kappa shape index (κ1) is 37.3. The smallest absolute Gasteiger partial charge is 0.263 e. The summed E-state index contributed by atoms with van der Waals surface area (Å²) in [6.45, 7) is 2.71. The number of benzene rings is 2. The molecule has 0 spiro atoms. The molecule has 1 aliphatic carbocycles. The Labute approximate surface area is 326 Å². The highest BCUT2D eigenvalue weighted by Gasteiger charge is 2.33. The Morgan fingerprint density at radius 2 is 1.23 bits per heavy atom. The molecule has 6 aromatic rings. The normalized spacial score (nSPS) is 18.8. The maximum atomic E-state index is 13.2. The molecule has 2 aliphatic heterocycles. The van der Waals surface area contributed by atoms with Gasteiger partial charge in [0.15, 0.2) is 0 Å². The molecule has 14 heteroatoms. The third-order valence-corrected chi connectivity index (χ3v) is 11.8. The van der Waals surface area contributed by atoms with Crippen LogP contribution in [0.5, 0.6) is 0 Å². The zero-order valence-corrected chi connectivity index (χ0v) is 31.5. The van der Waals surface area contributed by atoms with Gasteiger partial charge in [0.2, 0.25) is 29.3 Å². The average Bonchev–Trinajstić information content (AvgIpc) is 4.10. The van der Waals surface area contributed by atoms with E-state index in [4.69, 9.17) is 9.05 Å². The molecule has 2 atom stereocenters. The first-order valence-electron chi connectivity index (χ1n) is 19.2. The first-order chi connectivity index (χ1) is 27.4. The van der Waals surface area contributed by atoms with Crippen LogP contribution in [0, 0.1) is 17.6 Å². The highest BCUT2D eigenvalue weighted by Crippen LogP contribution is 2.33. The van der Waals surface area contributed by atoms with E-state index in [1.54, 1.807) is 30.5 Å². The second kappa shape index (κ2) is 17.0. The van der Waals surface area contributed by atoms with Crippen LogP contribution in [0.1, 0.15) is 84.7 Å². The Morgan fingerprint density at radius 3 is 1.80 bits per heavy atom. The maximum absolute atomic E-state index is 13.2. The second-order valence-corrected chi connectivity index (χ2v) is 15.6. The third kappa shape index (κ3) is 8.60. The molecule has 9 rings (SSSR count). The molecule has 0 radical (unpaired) electrons. The number of carbonyl (C=O) groups is 2. The van der Waals surface area contributed by atoms with Crippen LogP contribution in [0.2, 0.25) is 0 Å². The van der Waals surface area contributed by atoms with Gasteiger partial charge >= 0.3 is 0 Å². The van der Waals surface area contributed by atoms with Gasteiger partial charge in [0.25, 0.3) is 5.91 Å². The number of aromatic nitrogens is 5. The quantitative estimate of drug-likeness (QED) is 0.156. The zero-order valence-electron chi connectivity index (χ0n) is 30.7. The van der Waals surface area contributed by atoms with Crippen LogP contribution in [0.25, 0.3) is 33.3 Å². The van der Waals surface area contributed by atoms with Crippen LogP contribution in [0.4, 0.5) is 8.78 Å². The molecule has 2 saturated heterocycles. The van der Waals surface area contributed by atoms with E-state index in [0.29, 0.717) is 59.4 Å². The van der Waals surface area contributed by atoms with Gasteiger partial charge in [0.1, 0.15) is 11.6 Å². The molecule has 11 nitrogen and oxygen atoms in total. The SMILES string of the molecule is O=C(C1CCCC1)N1CCCC(c2nc(-c3ccc(F)cc3)no2)C1.O=C(c1ccc(-c2ccccn2)s1)N1CCCC(c2nc(-c3ccc(F)cc3)no2)C1. The van der Waals surface area contributed by atoms with Crippen LogP contribution in [-0.4, -0.2) is 73.1 Å². The highest BCUT2D eigenvalue weighted by atomic mass is 32.1. The van der Waals surface area contributed by atoms with E-state index >= 15 is 0 Å². The maximum Gasteiger partial charge on any atom is 0.263 e. The van der Waals surface area contributed by atoms with E-state index in [1.165, 1.54) is 48.4 Å². The van der Waals surface area contributed by atoms with E-state index < -0.39 is 0 Å². The number of amides is 2. The summed E-state index contributed by atoms with van der Waals surface area (Å²) in [5.41, 5.74) is 2.29. The summed E-state index contributed by atoms with van der Waals surface area (Å²) in [6, 6.07) is 21.6. The molecular formula is C42H41F2N7O4S. The molecule has 0 N–H and O–H groups in total. The lowest BCUT2D eigenvalue weighted by atomic mass is 9.96. The molecule has 3 fully saturated rings. The average molecular weight is 778 g/mol. The van der Waals surface area contributed by atoms with Gasteiger partial charge in [-0.3, -0.25) is 14.6 Å². The van der Waals surface area contributed by atoms with Crippen molar-refractivity contribution in [3.8, 4) is 33.3 Å². The third-order valence-electron chi connectivity index (χ3n) is 10.7. The predicted molar refractivity (Wildman–Crippen MR) is 205 cm³/mol. The fraction of sp³-hybridized carbons (Fsp3) is 0.357. The summed E-state index contributed by atoms with van der Waals surface area (Å²) >= 11 is 1.45. The van der Waals surface area contributed by atoms with E-state index in [9.17, 15) is 18.4 Å². The molecule has 2 amide bonds. The van der Waals surface area contributed by atoms with Crippen molar-refractivity contribution >= 4 is 23.2 Å². The van der Waals surface area contributed by atoms with Crippen molar-refractivity contribution in [1.29, 1.82) is 0 Å². The minimum atomic E-state index is -0.311. The molecule has 288 valence electrons. The van der Waals surface area contributed by atoms with Crippen molar-refractivity contribution in [2.75, 3.05) is 26.2 Å². The van der Waals surface area contributed by atoms with Gasteiger partial charge in [-0.25, -0.2) is 8.78 Å². The summed E-state index contributed by atoms with van der Waals surface area (Å²) in [5, 5.41) is 8.07. The minimum Gasteiger partial charge on any atom is -0.342 e. The van der Waals surface area contributed by atoms with Gasteiger partial charge in [-0.1, -0.05) is 29.2 Å². The van der Waals surface area contributed by atoms with Gasteiger partial charge in [-0.15, -0.1) is 11.3 Å². The van der Waals surface area contributed by atoms with Crippen LogP contribution in [-0.2, 0) is 4.79 Å². The minimum absolute atomic E-state index is 0.00940. The van der Waals surface area contributed by atoms with Crippen molar-refractivity contribution < 1.29 is 27.4 Å². The van der Waals surface area contributed by atoms with Gasteiger partial charge in [0.05, 0.1) is 27.3 Å². The largest absolute Gasteiger partial charge is 0.342 e. The number of thiophene rings is 1. The number of likely N-dealkylation sites (tertiary alicyclic amines) is 2. The summed E-state index contributed by atoms with van der Waals surface area (Å²) in [5.74, 6) is 1.95. The summed E-state index contributed by atoms with van der Waals surface area (Å²) in [7, 11) is 0. The van der Waals surface area contributed by atoms with Gasteiger partial charge < -0.3 is 18.8 Å². The van der Waals surface area contributed by atoms with Crippen molar-refractivity contribution in [1.82, 2.24) is 35.1 Å². The lowest BCUT2D eigenvalue weighted by Gasteiger charge is -2.32. The Bertz CT molecular complexity index is 2240. The van der Waals surface area contributed by atoms with Crippen molar-refractivity contribution in [3.63, 3.8) is 0 Å².